The molecule has 0 aliphatic carbocycles. The maximum atomic E-state index is 11.6. The molecular weight excluding hydrogens is 246 g/mol. The van der Waals surface area contributed by atoms with Crippen LogP contribution in [0.4, 0.5) is 0 Å². The van der Waals surface area contributed by atoms with Gasteiger partial charge in [-0.05, 0) is 12.1 Å². The molecule has 0 amide bonds. The smallest absolute Gasteiger partial charge is 0.349 e. The lowest BCUT2D eigenvalue weighted by molar-refractivity contribution is -0.131. The van der Waals surface area contributed by atoms with Crippen LogP contribution in [0.15, 0.2) is 46.4 Å². The fraction of sp³-hybridized carbons (Fsp3) is 0. The summed E-state index contributed by atoms with van der Waals surface area (Å²) in [4.78, 5) is 13.3. The number of carbonyl (C=O) groups is 1. The van der Waals surface area contributed by atoms with Crippen LogP contribution in [-0.4, -0.2) is 24.7 Å². The van der Waals surface area contributed by atoms with E-state index in [1.54, 1.807) is 18.2 Å². The lowest BCUT2D eigenvalue weighted by atomic mass is 10.3. The van der Waals surface area contributed by atoms with Crippen LogP contribution in [-0.2, 0) is 14.6 Å². The van der Waals surface area contributed by atoms with Gasteiger partial charge in [-0.15, -0.1) is 0 Å². The Morgan fingerprint density at radius 1 is 1.24 bits per heavy atom. The van der Waals surface area contributed by atoms with Crippen LogP contribution in [0.5, 0.6) is 5.75 Å². The van der Waals surface area contributed by atoms with Crippen molar-refractivity contribution in [2.75, 3.05) is 0 Å². The Morgan fingerprint density at radius 2 is 1.88 bits per heavy atom. The van der Waals surface area contributed by atoms with E-state index in [4.69, 9.17) is 9.84 Å². The highest BCUT2D eigenvalue weighted by atomic mass is 32.2. The van der Waals surface area contributed by atoms with Crippen LogP contribution in [0, 0.1) is 0 Å². The third-order valence-electron chi connectivity index (χ3n) is 1.97. The molecule has 2 rings (SSSR count). The standard InChI is InChI=1S/C10H7NO5S/c12-9(13)8-6-11-10(17(8,14)15)16-7-4-2-1-3-5-7/h1-6H,(H,12,13). The zero-order valence-electron chi connectivity index (χ0n) is 8.40. The fourth-order valence-electron chi connectivity index (χ4n) is 1.18. The Balaban J connectivity index is 2.26. The quantitative estimate of drug-likeness (QED) is 0.840. The van der Waals surface area contributed by atoms with Crippen LogP contribution in [0.1, 0.15) is 0 Å². The summed E-state index contributed by atoms with van der Waals surface area (Å²) in [5, 5.41) is 8.03. The average Bonchev–Trinajstić information content (AvgIpc) is 2.56. The molecule has 1 N–H and O–H groups in total. The highest BCUT2D eigenvalue weighted by Gasteiger charge is 2.36. The van der Waals surface area contributed by atoms with E-state index >= 15 is 0 Å². The van der Waals surface area contributed by atoms with E-state index < -0.39 is 25.9 Å². The van der Waals surface area contributed by atoms with Gasteiger partial charge in [0, 0.05) is 0 Å². The first-order valence-electron chi connectivity index (χ1n) is 4.51. The van der Waals surface area contributed by atoms with Gasteiger partial charge in [0.25, 0.3) is 9.84 Å². The molecule has 0 fully saturated rings. The minimum Gasteiger partial charge on any atom is -0.477 e. The first kappa shape index (κ1) is 11.3. The number of rotatable bonds is 2. The second-order valence-corrected chi connectivity index (χ2v) is 4.91. The summed E-state index contributed by atoms with van der Waals surface area (Å²) in [5.74, 6) is -1.28. The number of hydrogen-bond donors (Lipinski definition) is 1. The summed E-state index contributed by atoms with van der Waals surface area (Å²) in [5.41, 5.74) is 0. The van der Waals surface area contributed by atoms with Gasteiger partial charge in [-0.2, -0.15) is 0 Å². The lowest BCUT2D eigenvalue weighted by Gasteiger charge is -2.04. The van der Waals surface area contributed by atoms with Crippen LogP contribution in [0.2, 0.25) is 0 Å². The first-order chi connectivity index (χ1) is 8.01. The molecule has 0 radical (unpaired) electrons. The Kier molecular flexibility index (Phi) is 2.68. The zero-order valence-corrected chi connectivity index (χ0v) is 9.22. The number of nitrogens with zero attached hydrogens (tertiary/aromatic N) is 1. The van der Waals surface area contributed by atoms with Crippen LogP contribution >= 0.6 is 0 Å². The van der Waals surface area contributed by atoms with Crippen molar-refractivity contribution < 1.29 is 23.1 Å². The van der Waals surface area contributed by atoms with Gasteiger partial charge >= 0.3 is 11.2 Å². The number of para-hydroxylation sites is 1. The van der Waals surface area contributed by atoms with E-state index in [0.29, 0.717) is 0 Å². The second-order valence-electron chi connectivity index (χ2n) is 3.11. The number of ether oxygens (including phenoxy) is 1. The first-order valence-corrected chi connectivity index (χ1v) is 5.99. The van der Waals surface area contributed by atoms with E-state index in [9.17, 15) is 13.2 Å². The molecule has 1 aliphatic rings. The minimum absolute atomic E-state index is 0.273. The fourth-order valence-corrected chi connectivity index (χ4v) is 2.19. The minimum atomic E-state index is -4.14. The molecular formula is C10H7NO5S. The van der Waals surface area contributed by atoms with Gasteiger partial charge < -0.3 is 9.84 Å². The molecule has 1 aliphatic heterocycles. The summed E-state index contributed by atoms with van der Waals surface area (Å²) in [6.07, 6.45) is 0.760. The maximum absolute atomic E-state index is 11.6. The molecule has 1 aromatic carbocycles. The number of aliphatic carboxylic acids is 1. The van der Waals surface area contributed by atoms with Crippen LogP contribution < -0.4 is 4.74 Å². The number of benzene rings is 1. The molecule has 17 heavy (non-hydrogen) atoms. The summed E-state index contributed by atoms with van der Waals surface area (Å²) in [6.45, 7) is 0. The molecule has 0 unspecified atom stereocenters. The molecule has 0 saturated heterocycles. The van der Waals surface area contributed by atoms with Gasteiger partial charge in [-0.3, -0.25) is 0 Å². The van der Waals surface area contributed by atoms with Crippen LogP contribution in [0.25, 0.3) is 0 Å². The number of carboxylic acids is 1. The van der Waals surface area contributed by atoms with Crippen molar-refractivity contribution >= 4 is 21.0 Å². The molecule has 6 nitrogen and oxygen atoms in total. The van der Waals surface area contributed by atoms with Gasteiger partial charge in [0.15, 0.2) is 4.91 Å². The Labute approximate surface area is 96.8 Å². The van der Waals surface area contributed by atoms with E-state index in [1.807, 2.05) is 0 Å². The van der Waals surface area contributed by atoms with Gasteiger partial charge in [0.2, 0.25) is 0 Å². The third-order valence-corrected chi connectivity index (χ3v) is 3.47. The number of carboxylic acid groups (broad SMARTS) is 1. The van der Waals surface area contributed by atoms with Crippen molar-refractivity contribution in [3.63, 3.8) is 0 Å². The van der Waals surface area contributed by atoms with Crippen molar-refractivity contribution in [3.05, 3.63) is 41.4 Å². The maximum Gasteiger partial charge on any atom is 0.349 e. The van der Waals surface area contributed by atoms with E-state index in [0.717, 1.165) is 6.20 Å². The molecule has 0 saturated carbocycles. The lowest BCUT2D eigenvalue weighted by Crippen LogP contribution is -2.22. The van der Waals surface area contributed by atoms with Gasteiger partial charge in [-0.1, -0.05) is 18.2 Å². The predicted molar refractivity (Wildman–Crippen MR) is 59.1 cm³/mol. The second kappa shape index (κ2) is 4.02. The third kappa shape index (κ3) is 2.04. The Hall–Kier alpha value is -2.15. The summed E-state index contributed by atoms with van der Waals surface area (Å²) in [7, 11) is -4.14. The number of sulfone groups is 1. The molecule has 1 heterocycles. The van der Waals surface area contributed by atoms with Crippen molar-refractivity contribution in [1.29, 1.82) is 0 Å². The molecule has 1 aromatic rings. The molecule has 88 valence electrons. The van der Waals surface area contributed by atoms with Crippen molar-refractivity contribution in [2.24, 2.45) is 4.99 Å². The highest BCUT2D eigenvalue weighted by Crippen LogP contribution is 2.20. The van der Waals surface area contributed by atoms with Crippen molar-refractivity contribution in [2.45, 2.75) is 0 Å². The highest BCUT2D eigenvalue weighted by molar-refractivity contribution is 8.10. The largest absolute Gasteiger partial charge is 0.477 e. The predicted octanol–water partition coefficient (Wildman–Crippen LogP) is 0.776. The number of hydrogen-bond acceptors (Lipinski definition) is 5. The summed E-state index contributed by atoms with van der Waals surface area (Å²) < 4.78 is 28.3. The zero-order chi connectivity index (χ0) is 12.5. The van der Waals surface area contributed by atoms with Crippen molar-refractivity contribution in [3.8, 4) is 5.75 Å². The van der Waals surface area contributed by atoms with Gasteiger partial charge in [0.1, 0.15) is 5.75 Å². The molecule has 7 heteroatoms. The molecule has 0 bridgehead atoms. The Bertz CT molecular complexity index is 615. The molecule has 0 aromatic heterocycles. The van der Waals surface area contributed by atoms with E-state index in [-0.39, 0.29) is 5.75 Å². The van der Waals surface area contributed by atoms with E-state index in [1.165, 1.54) is 12.1 Å². The SMILES string of the molecule is O=C(O)C1=CN=C(Oc2ccccc2)S1(=O)=O. The Morgan fingerprint density at radius 3 is 2.41 bits per heavy atom. The summed E-state index contributed by atoms with van der Waals surface area (Å²) >= 11 is 0. The average molecular weight is 253 g/mol. The topological polar surface area (TPSA) is 93.0 Å². The summed E-state index contributed by atoms with van der Waals surface area (Å²) in [6, 6.07) is 8.12. The normalized spacial score (nSPS) is 17.2. The van der Waals surface area contributed by atoms with E-state index in [2.05, 4.69) is 4.99 Å². The molecule has 0 spiro atoms. The molecule has 0 atom stereocenters. The van der Waals surface area contributed by atoms with Gasteiger partial charge in [-0.25, -0.2) is 18.2 Å². The monoisotopic (exact) mass is 253 g/mol. The number of aliphatic imine (C=N–C) groups is 1. The van der Waals surface area contributed by atoms with Crippen LogP contribution in [0.3, 0.4) is 0 Å². The van der Waals surface area contributed by atoms with Gasteiger partial charge in [0.05, 0.1) is 6.20 Å². The van der Waals surface area contributed by atoms with Crippen molar-refractivity contribution in [1.82, 2.24) is 0 Å².